The largest absolute Gasteiger partial charge is 0.388 e. The average Bonchev–Trinajstić information content (AvgIpc) is 2.39. The van der Waals surface area contributed by atoms with Crippen LogP contribution < -0.4 is 0 Å². The first-order chi connectivity index (χ1) is 8.61. The molecule has 0 bridgehead atoms. The highest BCUT2D eigenvalue weighted by Gasteiger charge is 2.34. The van der Waals surface area contributed by atoms with Crippen molar-refractivity contribution in [2.75, 3.05) is 40.0 Å². The van der Waals surface area contributed by atoms with Crippen molar-refractivity contribution < 1.29 is 19.4 Å². The normalized spacial score (nSPS) is 27.8. The van der Waals surface area contributed by atoms with Gasteiger partial charge in [0.15, 0.2) is 0 Å². The lowest BCUT2D eigenvalue weighted by atomic mass is 9.93. The summed E-state index contributed by atoms with van der Waals surface area (Å²) in [6.07, 6.45) is 3.05. The molecule has 2 heterocycles. The molecular formula is C13H23NO4. The predicted molar refractivity (Wildman–Crippen MR) is 66.2 cm³/mol. The van der Waals surface area contributed by atoms with Crippen molar-refractivity contribution in [3.8, 4) is 0 Å². The van der Waals surface area contributed by atoms with Gasteiger partial charge in [0.05, 0.1) is 18.1 Å². The summed E-state index contributed by atoms with van der Waals surface area (Å²) in [7, 11) is 1.77. The van der Waals surface area contributed by atoms with Crippen LogP contribution in [0.1, 0.15) is 25.7 Å². The van der Waals surface area contributed by atoms with E-state index in [0.717, 1.165) is 19.4 Å². The Kier molecular flexibility index (Phi) is 4.59. The van der Waals surface area contributed by atoms with E-state index in [0.29, 0.717) is 39.2 Å². The van der Waals surface area contributed by atoms with Gasteiger partial charge in [0, 0.05) is 46.3 Å². The Hall–Kier alpha value is -0.650. The van der Waals surface area contributed by atoms with E-state index in [4.69, 9.17) is 9.47 Å². The highest BCUT2D eigenvalue weighted by molar-refractivity contribution is 5.78. The fourth-order valence-corrected chi connectivity index (χ4v) is 2.68. The zero-order valence-electron chi connectivity index (χ0n) is 11.1. The second-order valence-electron chi connectivity index (χ2n) is 5.45. The van der Waals surface area contributed by atoms with Crippen LogP contribution in [0.2, 0.25) is 0 Å². The van der Waals surface area contributed by atoms with Gasteiger partial charge in [-0.1, -0.05) is 0 Å². The third-order valence-corrected chi connectivity index (χ3v) is 3.84. The Morgan fingerprint density at radius 1 is 1.33 bits per heavy atom. The number of carbonyl (C=O) groups excluding carboxylic acids is 1. The molecule has 0 radical (unpaired) electrons. The smallest absolute Gasteiger partial charge is 0.227 e. The zero-order valence-corrected chi connectivity index (χ0v) is 11.1. The van der Waals surface area contributed by atoms with Crippen LogP contribution in [-0.4, -0.2) is 61.5 Å². The van der Waals surface area contributed by atoms with Crippen molar-refractivity contribution >= 4 is 5.91 Å². The standard InChI is InChI=1S/C13H23NO4/c1-14(10-13(16)4-7-17-8-5-13)12(15)11-3-2-6-18-9-11/h11,16H,2-10H2,1H3. The summed E-state index contributed by atoms with van der Waals surface area (Å²) >= 11 is 0. The van der Waals surface area contributed by atoms with E-state index in [2.05, 4.69) is 0 Å². The van der Waals surface area contributed by atoms with Crippen LogP contribution in [0.3, 0.4) is 0 Å². The van der Waals surface area contributed by atoms with Gasteiger partial charge in [0.1, 0.15) is 0 Å². The number of nitrogens with zero attached hydrogens (tertiary/aromatic N) is 1. The maximum atomic E-state index is 12.2. The number of amides is 1. The van der Waals surface area contributed by atoms with Gasteiger partial charge < -0.3 is 19.5 Å². The van der Waals surface area contributed by atoms with E-state index in [1.54, 1.807) is 11.9 Å². The van der Waals surface area contributed by atoms with Crippen LogP contribution in [0.25, 0.3) is 0 Å². The summed E-state index contributed by atoms with van der Waals surface area (Å²) < 4.78 is 10.6. The summed E-state index contributed by atoms with van der Waals surface area (Å²) in [5.41, 5.74) is -0.780. The molecule has 0 aliphatic carbocycles. The number of likely N-dealkylation sites (N-methyl/N-ethyl adjacent to an activating group) is 1. The molecule has 1 unspecified atom stereocenters. The maximum Gasteiger partial charge on any atom is 0.227 e. The minimum Gasteiger partial charge on any atom is -0.388 e. The second kappa shape index (κ2) is 5.99. The molecule has 0 spiro atoms. The Morgan fingerprint density at radius 2 is 2.06 bits per heavy atom. The lowest BCUT2D eigenvalue weighted by molar-refractivity contribution is -0.144. The predicted octanol–water partition coefficient (Wildman–Crippen LogP) is 0.413. The molecule has 2 fully saturated rings. The summed E-state index contributed by atoms with van der Waals surface area (Å²) in [6, 6.07) is 0. The minimum absolute atomic E-state index is 0.0350. The summed E-state index contributed by atoms with van der Waals surface area (Å²) in [6.45, 7) is 2.82. The SMILES string of the molecule is CN(CC1(O)CCOCC1)C(=O)C1CCCOC1. The Labute approximate surface area is 108 Å². The van der Waals surface area contributed by atoms with E-state index >= 15 is 0 Å². The van der Waals surface area contributed by atoms with Gasteiger partial charge in [0.25, 0.3) is 0 Å². The highest BCUT2D eigenvalue weighted by atomic mass is 16.5. The number of hydrogen-bond acceptors (Lipinski definition) is 4. The number of ether oxygens (including phenoxy) is 2. The lowest BCUT2D eigenvalue weighted by Gasteiger charge is -2.36. The molecule has 0 aromatic carbocycles. The number of rotatable bonds is 3. The van der Waals surface area contributed by atoms with Crippen molar-refractivity contribution in [3.63, 3.8) is 0 Å². The molecule has 2 aliphatic rings. The molecule has 0 aromatic heterocycles. The van der Waals surface area contributed by atoms with E-state index in [1.165, 1.54) is 0 Å². The Morgan fingerprint density at radius 3 is 2.67 bits per heavy atom. The first kappa shape index (κ1) is 13.8. The fraction of sp³-hybridized carbons (Fsp3) is 0.923. The monoisotopic (exact) mass is 257 g/mol. The number of aliphatic hydroxyl groups is 1. The zero-order chi connectivity index (χ0) is 13.0. The molecule has 1 N–H and O–H groups in total. The molecule has 0 saturated carbocycles. The fourth-order valence-electron chi connectivity index (χ4n) is 2.68. The van der Waals surface area contributed by atoms with Crippen LogP contribution in [0.5, 0.6) is 0 Å². The van der Waals surface area contributed by atoms with Crippen LogP contribution in [0.4, 0.5) is 0 Å². The summed E-state index contributed by atoms with van der Waals surface area (Å²) in [5, 5.41) is 10.4. The first-order valence-electron chi connectivity index (χ1n) is 6.74. The molecule has 18 heavy (non-hydrogen) atoms. The molecule has 2 aliphatic heterocycles. The van der Waals surface area contributed by atoms with Gasteiger partial charge in [-0.05, 0) is 12.8 Å². The quantitative estimate of drug-likeness (QED) is 0.795. The highest BCUT2D eigenvalue weighted by Crippen LogP contribution is 2.23. The van der Waals surface area contributed by atoms with Gasteiger partial charge in [-0.25, -0.2) is 0 Å². The molecule has 2 rings (SSSR count). The average molecular weight is 257 g/mol. The van der Waals surface area contributed by atoms with Gasteiger partial charge in [-0.2, -0.15) is 0 Å². The van der Waals surface area contributed by atoms with Crippen LogP contribution in [-0.2, 0) is 14.3 Å². The Balaban J connectivity index is 1.85. The molecule has 1 amide bonds. The van der Waals surface area contributed by atoms with Crippen molar-refractivity contribution in [1.82, 2.24) is 4.90 Å². The molecule has 1 atom stereocenters. The summed E-state index contributed by atoms with van der Waals surface area (Å²) in [5.74, 6) is 0.0572. The Bertz CT molecular complexity index is 283. The van der Waals surface area contributed by atoms with Crippen molar-refractivity contribution in [1.29, 1.82) is 0 Å². The van der Waals surface area contributed by atoms with Crippen LogP contribution in [0.15, 0.2) is 0 Å². The van der Waals surface area contributed by atoms with Crippen molar-refractivity contribution in [3.05, 3.63) is 0 Å². The molecule has 5 nitrogen and oxygen atoms in total. The third-order valence-electron chi connectivity index (χ3n) is 3.84. The van der Waals surface area contributed by atoms with E-state index in [-0.39, 0.29) is 11.8 Å². The maximum absolute atomic E-state index is 12.2. The van der Waals surface area contributed by atoms with Crippen LogP contribution in [0, 0.1) is 5.92 Å². The van der Waals surface area contributed by atoms with Crippen LogP contribution >= 0.6 is 0 Å². The summed E-state index contributed by atoms with van der Waals surface area (Å²) in [4.78, 5) is 13.9. The van der Waals surface area contributed by atoms with Gasteiger partial charge in [-0.3, -0.25) is 4.79 Å². The van der Waals surface area contributed by atoms with Crippen molar-refractivity contribution in [2.24, 2.45) is 5.92 Å². The van der Waals surface area contributed by atoms with E-state index in [9.17, 15) is 9.90 Å². The van der Waals surface area contributed by atoms with Gasteiger partial charge in [0.2, 0.25) is 5.91 Å². The molecule has 0 aromatic rings. The van der Waals surface area contributed by atoms with E-state index < -0.39 is 5.60 Å². The molecule has 5 heteroatoms. The minimum atomic E-state index is -0.780. The van der Waals surface area contributed by atoms with Gasteiger partial charge in [-0.15, -0.1) is 0 Å². The third kappa shape index (κ3) is 3.43. The van der Waals surface area contributed by atoms with Crippen molar-refractivity contribution in [2.45, 2.75) is 31.3 Å². The number of hydrogen-bond donors (Lipinski definition) is 1. The second-order valence-corrected chi connectivity index (χ2v) is 5.45. The molecule has 104 valence electrons. The number of carbonyl (C=O) groups is 1. The topological polar surface area (TPSA) is 59.0 Å². The van der Waals surface area contributed by atoms with Gasteiger partial charge >= 0.3 is 0 Å². The molecular weight excluding hydrogens is 234 g/mol. The van der Waals surface area contributed by atoms with E-state index in [1.807, 2.05) is 0 Å². The molecule has 2 saturated heterocycles. The lowest BCUT2D eigenvalue weighted by Crippen LogP contribution is -2.49. The first-order valence-corrected chi connectivity index (χ1v) is 6.74.